The molecule has 7 heteroatoms. The zero-order valence-electron chi connectivity index (χ0n) is 13.1. The minimum atomic E-state index is 0.658. The van der Waals surface area contributed by atoms with E-state index in [2.05, 4.69) is 30.6 Å². The van der Waals surface area contributed by atoms with E-state index in [0.29, 0.717) is 5.95 Å². The first-order valence-corrected chi connectivity index (χ1v) is 7.01. The van der Waals surface area contributed by atoms with Gasteiger partial charge in [-0.15, -0.1) is 0 Å². The first kappa shape index (κ1) is 15.2. The molecule has 0 radical (unpaired) electrons. The first-order valence-electron chi connectivity index (χ1n) is 7.01. The van der Waals surface area contributed by atoms with Gasteiger partial charge in [0.05, 0.1) is 5.69 Å². The van der Waals surface area contributed by atoms with E-state index < -0.39 is 0 Å². The van der Waals surface area contributed by atoms with Crippen molar-refractivity contribution in [1.29, 1.82) is 0 Å². The molecule has 0 amide bonds. The van der Waals surface area contributed by atoms with Gasteiger partial charge in [0.1, 0.15) is 5.82 Å². The largest absolute Gasteiger partial charge is 0.363 e. The van der Waals surface area contributed by atoms with Gasteiger partial charge in [-0.3, -0.25) is 4.68 Å². The minimum Gasteiger partial charge on any atom is -0.363 e. The van der Waals surface area contributed by atoms with E-state index in [0.717, 1.165) is 31.1 Å². The van der Waals surface area contributed by atoms with Crippen molar-refractivity contribution < 1.29 is 0 Å². The van der Waals surface area contributed by atoms with Crippen molar-refractivity contribution >= 4 is 11.8 Å². The lowest BCUT2D eigenvalue weighted by Gasteiger charge is -2.15. The predicted octanol–water partition coefficient (Wildman–Crippen LogP) is 0.786. The van der Waals surface area contributed by atoms with Crippen LogP contribution < -0.4 is 15.5 Å². The summed E-state index contributed by atoms with van der Waals surface area (Å²) in [6, 6.07) is 1.80. The second-order valence-electron chi connectivity index (χ2n) is 5.08. The van der Waals surface area contributed by atoms with Crippen LogP contribution in [0, 0.1) is 6.92 Å². The fraction of sp³-hybridized carbons (Fsp3) is 0.500. The topological polar surface area (TPSA) is 70.9 Å². The van der Waals surface area contributed by atoms with Gasteiger partial charge in [-0.2, -0.15) is 5.10 Å². The molecule has 21 heavy (non-hydrogen) atoms. The van der Waals surface area contributed by atoms with Crippen LogP contribution in [0.5, 0.6) is 0 Å². The highest BCUT2D eigenvalue weighted by molar-refractivity contribution is 5.48. The summed E-state index contributed by atoms with van der Waals surface area (Å²) >= 11 is 0. The molecule has 0 saturated carbocycles. The smallest absolute Gasteiger partial charge is 0.222 e. The first-order chi connectivity index (χ1) is 10.1. The zero-order valence-corrected chi connectivity index (χ0v) is 13.1. The maximum Gasteiger partial charge on any atom is 0.222 e. The molecule has 2 heterocycles. The Labute approximate surface area is 125 Å². The lowest BCUT2D eigenvalue weighted by atomic mass is 10.2. The summed E-state index contributed by atoms with van der Waals surface area (Å²) < 4.78 is 1.92. The Hall–Kier alpha value is -2.15. The minimum absolute atomic E-state index is 0.658. The van der Waals surface area contributed by atoms with Crippen LogP contribution in [-0.2, 0) is 13.6 Å². The molecular formula is C14H23N7. The summed E-state index contributed by atoms with van der Waals surface area (Å²) in [7, 11) is 6.04. The van der Waals surface area contributed by atoms with Crippen molar-refractivity contribution in [2.24, 2.45) is 7.05 Å². The Balaban J connectivity index is 1.81. The van der Waals surface area contributed by atoms with Gasteiger partial charge in [0, 0.05) is 58.7 Å². The van der Waals surface area contributed by atoms with Gasteiger partial charge in [-0.05, 0) is 13.0 Å². The summed E-state index contributed by atoms with van der Waals surface area (Å²) in [4.78, 5) is 10.3. The Morgan fingerprint density at radius 1 is 1.19 bits per heavy atom. The normalized spacial score (nSPS) is 10.7. The van der Waals surface area contributed by atoms with Gasteiger partial charge in [-0.1, -0.05) is 0 Å². The van der Waals surface area contributed by atoms with E-state index in [1.54, 1.807) is 18.5 Å². The molecule has 0 atom stereocenters. The fourth-order valence-electron chi connectivity index (χ4n) is 2.32. The van der Waals surface area contributed by atoms with Crippen molar-refractivity contribution in [1.82, 2.24) is 25.1 Å². The van der Waals surface area contributed by atoms with Crippen LogP contribution in [-0.4, -0.2) is 46.9 Å². The van der Waals surface area contributed by atoms with Gasteiger partial charge in [0.15, 0.2) is 0 Å². The van der Waals surface area contributed by atoms with Crippen molar-refractivity contribution in [3.8, 4) is 0 Å². The Morgan fingerprint density at radius 2 is 1.90 bits per heavy atom. The quantitative estimate of drug-likeness (QED) is 0.734. The number of nitrogens with one attached hydrogen (secondary N) is 2. The molecule has 114 valence electrons. The molecule has 0 aliphatic rings. The molecule has 0 aliphatic carbocycles. The fourth-order valence-corrected chi connectivity index (χ4v) is 2.32. The van der Waals surface area contributed by atoms with Crippen LogP contribution in [0.3, 0.4) is 0 Å². The van der Waals surface area contributed by atoms with E-state index in [9.17, 15) is 0 Å². The van der Waals surface area contributed by atoms with E-state index in [1.807, 2.05) is 32.7 Å². The van der Waals surface area contributed by atoms with Crippen molar-refractivity contribution in [3.63, 3.8) is 0 Å². The lowest BCUT2D eigenvalue weighted by molar-refractivity contribution is 0.699. The molecule has 2 aromatic rings. The van der Waals surface area contributed by atoms with E-state index in [-0.39, 0.29) is 0 Å². The molecule has 0 spiro atoms. The van der Waals surface area contributed by atoms with Crippen LogP contribution in [0.1, 0.15) is 11.3 Å². The van der Waals surface area contributed by atoms with E-state index in [1.165, 1.54) is 5.56 Å². The Kier molecular flexibility index (Phi) is 5.10. The van der Waals surface area contributed by atoms with Crippen LogP contribution in [0.4, 0.5) is 11.8 Å². The average molecular weight is 289 g/mol. The summed E-state index contributed by atoms with van der Waals surface area (Å²) in [5, 5.41) is 11.1. The molecule has 2 rings (SSSR count). The Morgan fingerprint density at radius 3 is 2.57 bits per heavy atom. The van der Waals surface area contributed by atoms with Gasteiger partial charge < -0.3 is 15.5 Å². The SMILES string of the molecule is Cc1nn(C)c(N(C)C)c1CNCCNc1ncccn1. The van der Waals surface area contributed by atoms with Crippen molar-refractivity contribution in [3.05, 3.63) is 29.7 Å². The average Bonchev–Trinajstić information content (AvgIpc) is 2.74. The summed E-state index contributed by atoms with van der Waals surface area (Å²) in [5.74, 6) is 1.80. The van der Waals surface area contributed by atoms with Crippen LogP contribution >= 0.6 is 0 Å². The molecule has 2 N–H and O–H groups in total. The second-order valence-corrected chi connectivity index (χ2v) is 5.08. The Bertz CT molecular complexity index is 562. The van der Waals surface area contributed by atoms with Gasteiger partial charge in [-0.25, -0.2) is 9.97 Å². The second kappa shape index (κ2) is 7.03. The summed E-state index contributed by atoms with van der Waals surface area (Å²) in [5.41, 5.74) is 2.30. The highest BCUT2D eigenvalue weighted by atomic mass is 15.4. The molecule has 7 nitrogen and oxygen atoms in total. The number of aryl methyl sites for hydroxylation is 2. The third-order valence-electron chi connectivity index (χ3n) is 3.19. The van der Waals surface area contributed by atoms with E-state index in [4.69, 9.17) is 0 Å². The van der Waals surface area contributed by atoms with Crippen molar-refractivity contribution in [2.45, 2.75) is 13.5 Å². The van der Waals surface area contributed by atoms with Gasteiger partial charge in [0.25, 0.3) is 0 Å². The van der Waals surface area contributed by atoms with Crippen LogP contribution in [0.2, 0.25) is 0 Å². The third-order valence-corrected chi connectivity index (χ3v) is 3.19. The number of nitrogens with zero attached hydrogens (tertiary/aromatic N) is 5. The summed E-state index contributed by atoms with van der Waals surface area (Å²) in [6.45, 7) is 4.45. The standard InChI is InChI=1S/C14H23N7/c1-11-12(13(20(2)3)21(4)19-11)10-15-8-9-18-14-16-6-5-7-17-14/h5-7,15H,8-10H2,1-4H3,(H,16,17,18). The van der Waals surface area contributed by atoms with Gasteiger partial charge >= 0.3 is 0 Å². The lowest BCUT2D eigenvalue weighted by Crippen LogP contribution is -2.24. The zero-order chi connectivity index (χ0) is 15.2. The van der Waals surface area contributed by atoms with Crippen molar-refractivity contribution in [2.75, 3.05) is 37.4 Å². The molecule has 0 unspecified atom stereocenters. The van der Waals surface area contributed by atoms with Gasteiger partial charge in [0.2, 0.25) is 5.95 Å². The predicted molar refractivity (Wildman–Crippen MR) is 84.5 cm³/mol. The number of rotatable bonds is 7. The van der Waals surface area contributed by atoms with E-state index >= 15 is 0 Å². The molecule has 0 saturated heterocycles. The number of hydrogen-bond donors (Lipinski definition) is 2. The number of hydrogen-bond acceptors (Lipinski definition) is 6. The number of anilines is 2. The molecule has 0 aromatic carbocycles. The highest BCUT2D eigenvalue weighted by Gasteiger charge is 2.14. The maximum atomic E-state index is 4.48. The molecule has 0 bridgehead atoms. The van der Waals surface area contributed by atoms with Crippen LogP contribution in [0.25, 0.3) is 0 Å². The monoisotopic (exact) mass is 289 g/mol. The maximum absolute atomic E-state index is 4.48. The molecule has 0 aliphatic heterocycles. The number of aromatic nitrogens is 4. The third kappa shape index (κ3) is 3.91. The molecule has 2 aromatic heterocycles. The highest BCUT2D eigenvalue weighted by Crippen LogP contribution is 2.20. The molecular weight excluding hydrogens is 266 g/mol. The molecule has 0 fully saturated rings. The summed E-state index contributed by atoms with van der Waals surface area (Å²) in [6.07, 6.45) is 3.45. The van der Waals surface area contributed by atoms with Crippen LogP contribution in [0.15, 0.2) is 18.5 Å².